The van der Waals surface area contributed by atoms with Gasteiger partial charge in [-0.05, 0) is 31.4 Å². The van der Waals surface area contributed by atoms with E-state index in [2.05, 4.69) is 6.92 Å². The van der Waals surface area contributed by atoms with Gasteiger partial charge in [-0.1, -0.05) is 57.2 Å². The average molecular weight is 439 g/mol. The molecule has 5 nitrogen and oxygen atoms in total. The Balaban J connectivity index is 1.54. The normalized spacial score (nSPS) is 19.7. The topological polar surface area (TPSA) is 57.7 Å². The van der Waals surface area contributed by atoms with Crippen molar-refractivity contribution in [3.05, 3.63) is 35.9 Å². The first-order valence-corrected chi connectivity index (χ1v) is 13.6. The maximum absolute atomic E-state index is 13.0. The second kappa shape index (κ2) is 10.3. The predicted molar refractivity (Wildman–Crippen MR) is 121 cm³/mol. The van der Waals surface area contributed by atoms with Crippen molar-refractivity contribution in [3.63, 3.8) is 0 Å². The van der Waals surface area contributed by atoms with E-state index in [1.54, 1.807) is 4.31 Å². The van der Waals surface area contributed by atoms with Crippen molar-refractivity contribution in [3.8, 4) is 0 Å². The fourth-order valence-electron chi connectivity index (χ4n) is 4.35. The Morgan fingerprint density at radius 2 is 1.66 bits per heavy atom. The summed E-state index contributed by atoms with van der Waals surface area (Å²) >= 11 is 1.82. The van der Waals surface area contributed by atoms with Crippen LogP contribution in [0.5, 0.6) is 0 Å². The molecular formula is C22H34N2O3S2. The summed E-state index contributed by atoms with van der Waals surface area (Å²) in [6, 6.07) is 9.41. The fraction of sp³-hybridized carbons (Fsp3) is 0.682. The molecule has 2 aliphatic rings. The van der Waals surface area contributed by atoms with Crippen molar-refractivity contribution >= 4 is 27.7 Å². The van der Waals surface area contributed by atoms with Crippen molar-refractivity contribution in [2.45, 2.75) is 63.2 Å². The highest BCUT2D eigenvalue weighted by atomic mass is 32.2. The maximum Gasteiger partial charge on any atom is 0.254 e. The van der Waals surface area contributed by atoms with Gasteiger partial charge in [0.25, 0.3) is 5.91 Å². The molecule has 0 radical (unpaired) electrons. The first kappa shape index (κ1) is 22.6. The maximum atomic E-state index is 13.0. The van der Waals surface area contributed by atoms with Crippen LogP contribution in [0.4, 0.5) is 0 Å². The van der Waals surface area contributed by atoms with Gasteiger partial charge in [-0.25, -0.2) is 12.7 Å². The number of amides is 1. The van der Waals surface area contributed by atoms with Crippen LogP contribution in [0.25, 0.3) is 0 Å². The van der Waals surface area contributed by atoms with Gasteiger partial charge in [0.05, 0.1) is 10.6 Å². The quantitative estimate of drug-likeness (QED) is 0.538. The molecule has 162 valence electrons. The summed E-state index contributed by atoms with van der Waals surface area (Å²) in [5.41, 5.74) is 0.715. The second-order valence-electron chi connectivity index (χ2n) is 8.10. The van der Waals surface area contributed by atoms with Crippen molar-refractivity contribution in [1.29, 1.82) is 0 Å². The summed E-state index contributed by atoms with van der Waals surface area (Å²) in [6.07, 6.45) is 7.93. The Labute approximate surface area is 180 Å². The predicted octanol–water partition coefficient (Wildman–Crippen LogP) is 4.36. The number of nitrogens with zero attached hydrogens (tertiary/aromatic N) is 2. The monoisotopic (exact) mass is 438 g/mol. The molecule has 1 aromatic rings. The Bertz CT molecular complexity index is 760. The highest BCUT2D eigenvalue weighted by molar-refractivity contribution is 8.00. The van der Waals surface area contributed by atoms with Gasteiger partial charge in [-0.2, -0.15) is 0 Å². The first-order valence-electron chi connectivity index (χ1n) is 11.0. The molecule has 0 unspecified atom stereocenters. The smallest absolute Gasteiger partial charge is 0.254 e. The lowest BCUT2D eigenvalue weighted by molar-refractivity contribution is 0.0605. The lowest BCUT2D eigenvalue weighted by Gasteiger charge is -2.43. The van der Waals surface area contributed by atoms with E-state index in [1.807, 2.05) is 47.0 Å². The average Bonchev–Trinajstić information content (AvgIpc) is 3.13. The third kappa shape index (κ3) is 5.56. The highest BCUT2D eigenvalue weighted by Crippen LogP contribution is 2.45. The zero-order chi connectivity index (χ0) is 20.7. The number of piperidine rings is 1. The summed E-state index contributed by atoms with van der Waals surface area (Å²) in [5.74, 6) is 1.24. The van der Waals surface area contributed by atoms with Crippen molar-refractivity contribution in [1.82, 2.24) is 9.21 Å². The zero-order valence-electron chi connectivity index (χ0n) is 17.5. The molecule has 0 aromatic heterocycles. The number of sulfonamides is 1. The zero-order valence-corrected chi connectivity index (χ0v) is 19.1. The third-order valence-corrected chi connectivity index (χ3v) is 9.61. The van der Waals surface area contributed by atoms with Crippen LogP contribution in [0.3, 0.4) is 0 Å². The van der Waals surface area contributed by atoms with Gasteiger partial charge in [0.15, 0.2) is 0 Å². The van der Waals surface area contributed by atoms with E-state index >= 15 is 0 Å². The van der Waals surface area contributed by atoms with Crippen LogP contribution < -0.4 is 0 Å². The Hall–Kier alpha value is -1.05. The molecule has 2 aliphatic heterocycles. The molecule has 0 aliphatic carbocycles. The Kier molecular flexibility index (Phi) is 8.05. The molecule has 2 saturated heterocycles. The number of unbranched alkanes of at least 4 members (excludes halogenated alkanes) is 5. The van der Waals surface area contributed by atoms with Crippen LogP contribution in [0.1, 0.15) is 68.6 Å². The summed E-state index contributed by atoms with van der Waals surface area (Å²) in [6.45, 7) is 3.96. The molecule has 1 spiro atoms. The number of benzene rings is 1. The molecule has 0 atom stereocenters. The number of thioether (sulfide) groups is 1. The van der Waals surface area contributed by atoms with Crippen LogP contribution in [-0.2, 0) is 10.0 Å². The summed E-state index contributed by atoms with van der Waals surface area (Å²) in [4.78, 5) is 14.8. The minimum atomic E-state index is -3.19. The van der Waals surface area contributed by atoms with E-state index in [0.29, 0.717) is 31.5 Å². The first-order chi connectivity index (χ1) is 14.0. The molecule has 1 amide bonds. The van der Waals surface area contributed by atoms with Crippen LogP contribution in [-0.4, -0.2) is 59.5 Å². The van der Waals surface area contributed by atoms with Gasteiger partial charge < -0.3 is 4.90 Å². The van der Waals surface area contributed by atoms with Gasteiger partial charge in [0, 0.05) is 31.0 Å². The third-order valence-electron chi connectivity index (χ3n) is 6.10. The SMILES string of the molecule is CCCCCCCCS(=O)(=O)N1CCC2(CC1)SCCN2C(=O)c1ccccc1. The van der Waals surface area contributed by atoms with Gasteiger partial charge in [-0.15, -0.1) is 11.8 Å². The van der Waals surface area contributed by atoms with Gasteiger partial charge >= 0.3 is 0 Å². The van der Waals surface area contributed by atoms with Crippen molar-refractivity contribution < 1.29 is 13.2 Å². The largest absolute Gasteiger partial charge is 0.323 e. The van der Waals surface area contributed by atoms with Crippen LogP contribution in [0.15, 0.2) is 30.3 Å². The van der Waals surface area contributed by atoms with Crippen LogP contribution >= 0.6 is 11.8 Å². The number of hydrogen-bond acceptors (Lipinski definition) is 4. The van der Waals surface area contributed by atoms with E-state index in [0.717, 1.165) is 31.6 Å². The standard InChI is InChI=1S/C22H34N2O3S2/c1-2-3-4-5-6-10-19-29(26,27)23-15-13-22(14-16-23)24(17-18-28-22)21(25)20-11-8-7-9-12-20/h7-9,11-12H,2-6,10,13-19H2,1H3. The molecule has 1 aromatic carbocycles. The fourth-order valence-corrected chi connectivity index (χ4v) is 7.37. The lowest BCUT2D eigenvalue weighted by Crippen LogP contribution is -2.53. The molecule has 2 fully saturated rings. The van der Waals surface area contributed by atoms with E-state index in [4.69, 9.17) is 0 Å². The molecule has 0 N–H and O–H groups in total. The minimum Gasteiger partial charge on any atom is -0.323 e. The number of hydrogen-bond donors (Lipinski definition) is 0. The molecule has 0 saturated carbocycles. The van der Waals surface area contributed by atoms with E-state index < -0.39 is 10.0 Å². The lowest BCUT2D eigenvalue weighted by atomic mass is 10.0. The molecule has 2 heterocycles. The highest BCUT2D eigenvalue weighted by Gasteiger charge is 2.47. The van der Waals surface area contributed by atoms with Crippen LogP contribution in [0, 0.1) is 0 Å². The van der Waals surface area contributed by atoms with Crippen molar-refractivity contribution in [2.75, 3.05) is 31.1 Å². The number of carbonyl (C=O) groups is 1. The van der Waals surface area contributed by atoms with Gasteiger partial charge in [-0.3, -0.25) is 4.79 Å². The van der Waals surface area contributed by atoms with Gasteiger partial charge in [0.2, 0.25) is 10.0 Å². The molecule has 3 rings (SSSR count). The van der Waals surface area contributed by atoms with E-state index in [-0.39, 0.29) is 16.5 Å². The molecule has 29 heavy (non-hydrogen) atoms. The molecule has 7 heteroatoms. The van der Waals surface area contributed by atoms with Crippen molar-refractivity contribution in [2.24, 2.45) is 0 Å². The van der Waals surface area contributed by atoms with E-state index in [1.165, 1.54) is 19.3 Å². The second-order valence-corrected chi connectivity index (χ2v) is 11.6. The van der Waals surface area contributed by atoms with E-state index in [9.17, 15) is 13.2 Å². The summed E-state index contributed by atoms with van der Waals surface area (Å²) < 4.78 is 27.2. The summed E-state index contributed by atoms with van der Waals surface area (Å²) in [7, 11) is -3.19. The Morgan fingerprint density at radius 1 is 1.00 bits per heavy atom. The molecular weight excluding hydrogens is 404 g/mol. The number of carbonyl (C=O) groups excluding carboxylic acids is 1. The Morgan fingerprint density at radius 3 is 2.34 bits per heavy atom. The number of rotatable bonds is 9. The minimum absolute atomic E-state index is 0.0685. The van der Waals surface area contributed by atoms with Crippen LogP contribution in [0.2, 0.25) is 0 Å². The summed E-state index contributed by atoms with van der Waals surface area (Å²) in [5, 5.41) is 0. The van der Waals surface area contributed by atoms with Gasteiger partial charge in [0.1, 0.15) is 0 Å². The molecule has 0 bridgehead atoms.